The lowest BCUT2D eigenvalue weighted by atomic mass is 10.3. The summed E-state index contributed by atoms with van der Waals surface area (Å²) >= 11 is 0. The van der Waals surface area contributed by atoms with Crippen LogP contribution in [0.25, 0.3) is 0 Å². The van der Waals surface area contributed by atoms with Crippen LogP contribution in [0.2, 0.25) is 0 Å². The summed E-state index contributed by atoms with van der Waals surface area (Å²) in [6.45, 7) is 2.11. The zero-order chi connectivity index (χ0) is 6.41. The van der Waals surface area contributed by atoms with Gasteiger partial charge in [0.2, 0.25) is 0 Å². The lowest BCUT2D eigenvalue weighted by molar-refractivity contribution is 0.874. The van der Waals surface area contributed by atoms with Crippen LogP contribution >= 0.6 is 0 Å². The highest BCUT2D eigenvalue weighted by Crippen LogP contribution is 1.93. The Morgan fingerprint density at radius 2 is 2.38 bits per heavy atom. The molecule has 0 aromatic carbocycles. The molecule has 0 aromatic rings. The van der Waals surface area contributed by atoms with Crippen molar-refractivity contribution >= 4 is 0 Å². The van der Waals surface area contributed by atoms with Gasteiger partial charge in [0, 0.05) is 18.9 Å². The summed E-state index contributed by atoms with van der Waals surface area (Å²) in [6, 6.07) is 0. The minimum Gasteiger partial charge on any atom is -0.401 e. The average molecular weight is 114 g/mol. The topological polar surface area (TPSA) is 38.0 Å². The number of nitrogens with two attached hydrogens (primary N) is 1. The molecular weight excluding hydrogens is 100 g/mol. The third kappa shape index (κ3) is 3.53. The standard InChI is InChI=1S/C6H14N2/c1-3-4-6(7)5-8-2/h5,8H,3-4,7H2,1-2H3/b6-5-. The highest BCUT2D eigenvalue weighted by molar-refractivity contribution is 4.93. The van der Waals surface area contributed by atoms with Crippen molar-refractivity contribution in [3.63, 3.8) is 0 Å². The Balaban J connectivity index is 3.29. The molecule has 0 radical (unpaired) electrons. The summed E-state index contributed by atoms with van der Waals surface area (Å²) in [5.74, 6) is 0. The SMILES string of the molecule is CCC/C(N)=C/NC. The molecule has 0 heterocycles. The first-order valence-corrected chi connectivity index (χ1v) is 2.93. The van der Waals surface area contributed by atoms with Crippen LogP contribution in [0.4, 0.5) is 0 Å². The Kier molecular flexibility index (Phi) is 4.13. The molecule has 8 heavy (non-hydrogen) atoms. The number of hydrogen-bond acceptors (Lipinski definition) is 2. The quantitative estimate of drug-likeness (QED) is 0.569. The Bertz CT molecular complexity index is 76.6. The summed E-state index contributed by atoms with van der Waals surface area (Å²) in [7, 11) is 1.85. The van der Waals surface area contributed by atoms with Crippen LogP contribution in [0, 0.1) is 0 Å². The summed E-state index contributed by atoms with van der Waals surface area (Å²) in [5.41, 5.74) is 6.42. The molecule has 2 heteroatoms. The highest BCUT2D eigenvalue weighted by Gasteiger charge is 1.82. The molecule has 0 saturated heterocycles. The van der Waals surface area contributed by atoms with Gasteiger partial charge in [-0.2, -0.15) is 0 Å². The fourth-order valence-corrected chi connectivity index (χ4v) is 0.546. The molecule has 0 fully saturated rings. The van der Waals surface area contributed by atoms with Crippen LogP contribution in [-0.2, 0) is 0 Å². The summed E-state index contributed by atoms with van der Waals surface area (Å²) in [4.78, 5) is 0. The first-order chi connectivity index (χ1) is 3.81. The molecule has 2 nitrogen and oxygen atoms in total. The predicted molar refractivity (Wildman–Crippen MR) is 36.2 cm³/mol. The first-order valence-electron chi connectivity index (χ1n) is 2.93. The summed E-state index contributed by atoms with van der Waals surface area (Å²) in [6.07, 6.45) is 3.92. The maximum absolute atomic E-state index is 5.49. The third-order valence-corrected chi connectivity index (χ3v) is 0.868. The van der Waals surface area contributed by atoms with Gasteiger partial charge in [0.1, 0.15) is 0 Å². The summed E-state index contributed by atoms with van der Waals surface area (Å²) < 4.78 is 0. The molecule has 0 spiro atoms. The van der Waals surface area contributed by atoms with Gasteiger partial charge < -0.3 is 11.1 Å². The molecule has 0 rings (SSSR count). The van der Waals surface area contributed by atoms with Crippen molar-refractivity contribution in [2.24, 2.45) is 5.73 Å². The van der Waals surface area contributed by atoms with Gasteiger partial charge in [-0.25, -0.2) is 0 Å². The molecule has 0 aliphatic carbocycles. The van der Waals surface area contributed by atoms with Gasteiger partial charge in [0.15, 0.2) is 0 Å². The lowest BCUT2D eigenvalue weighted by Crippen LogP contribution is -2.03. The number of nitrogens with one attached hydrogen (secondary N) is 1. The van der Waals surface area contributed by atoms with Gasteiger partial charge in [-0.15, -0.1) is 0 Å². The Morgan fingerprint density at radius 1 is 1.75 bits per heavy atom. The molecule has 0 aromatic heterocycles. The van der Waals surface area contributed by atoms with Crippen LogP contribution in [0.5, 0.6) is 0 Å². The first kappa shape index (κ1) is 7.34. The van der Waals surface area contributed by atoms with E-state index < -0.39 is 0 Å². The molecule has 0 amide bonds. The van der Waals surface area contributed by atoms with Crippen molar-refractivity contribution in [1.82, 2.24) is 5.32 Å². The van der Waals surface area contributed by atoms with Gasteiger partial charge in [-0.3, -0.25) is 0 Å². The van der Waals surface area contributed by atoms with Crippen molar-refractivity contribution in [3.8, 4) is 0 Å². The van der Waals surface area contributed by atoms with Gasteiger partial charge in [0.25, 0.3) is 0 Å². The second-order valence-corrected chi connectivity index (χ2v) is 1.76. The van der Waals surface area contributed by atoms with E-state index in [9.17, 15) is 0 Å². The van der Waals surface area contributed by atoms with Crippen molar-refractivity contribution in [3.05, 3.63) is 11.9 Å². The molecule has 0 unspecified atom stereocenters. The highest BCUT2D eigenvalue weighted by atomic mass is 14.8. The molecule has 0 bridgehead atoms. The largest absolute Gasteiger partial charge is 0.401 e. The fraction of sp³-hybridized carbons (Fsp3) is 0.667. The molecule has 0 saturated carbocycles. The zero-order valence-electron chi connectivity index (χ0n) is 5.57. The second-order valence-electron chi connectivity index (χ2n) is 1.76. The predicted octanol–water partition coefficient (Wildman–Crippen LogP) is 0.806. The van der Waals surface area contributed by atoms with E-state index in [1.54, 1.807) is 0 Å². The van der Waals surface area contributed by atoms with Crippen LogP contribution in [0.15, 0.2) is 11.9 Å². The molecule has 0 aliphatic rings. The van der Waals surface area contributed by atoms with Crippen molar-refractivity contribution in [1.29, 1.82) is 0 Å². The second kappa shape index (κ2) is 4.50. The minimum atomic E-state index is 0.926. The van der Waals surface area contributed by atoms with Gasteiger partial charge in [0.05, 0.1) is 0 Å². The minimum absolute atomic E-state index is 0.926. The van der Waals surface area contributed by atoms with E-state index in [-0.39, 0.29) is 0 Å². The number of rotatable bonds is 3. The van der Waals surface area contributed by atoms with E-state index in [0.29, 0.717) is 0 Å². The Morgan fingerprint density at radius 3 is 2.75 bits per heavy atom. The van der Waals surface area contributed by atoms with E-state index in [2.05, 4.69) is 12.2 Å². The third-order valence-electron chi connectivity index (χ3n) is 0.868. The zero-order valence-corrected chi connectivity index (χ0v) is 5.57. The maximum Gasteiger partial charge on any atom is 0.0240 e. The van der Waals surface area contributed by atoms with Crippen LogP contribution in [0.1, 0.15) is 19.8 Å². The Hall–Kier alpha value is -0.660. The van der Waals surface area contributed by atoms with Crippen LogP contribution < -0.4 is 11.1 Å². The molecule has 0 atom stereocenters. The van der Waals surface area contributed by atoms with Crippen molar-refractivity contribution in [2.75, 3.05) is 7.05 Å². The van der Waals surface area contributed by atoms with Gasteiger partial charge in [-0.05, 0) is 6.42 Å². The smallest absolute Gasteiger partial charge is 0.0240 e. The normalized spacial score (nSPS) is 11.5. The summed E-state index contributed by atoms with van der Waals surface area (Å²) in [5, 5.41) is 2.87. The molecule has 3 N–H and O–H groups in total. The molecule has 48 valence electrons. The van der Waals surface area contributed by atoms with Crippen molar-refractivity contribution in [2.45, 2.75) is 19.8 Å². The average Bonchev–Trinajstić information content (AvgIpc) is 1.68. The van der Waals surface area contributed by atoms with Gasteiger partial charge >= 0.3 is 0 Å². The van der Waals surface area contributed by atoms with E-state index in [1.165, 1.54) is 0 Å². The van der Waals surface area contributed by atoms with Crippen LogP contribution in [0.3, 0.4) is 0 Å². The molecular formula is C6H14N2. The van der Waals surface area contributed by atoms with Crippen LogP contribution in [-0.4, -0.2) is 7.05 Å². The Labute approximate surface area is 50.8 Å². The molecule has 0 aliphatic heterocycles. The monoisotopic (exact) mass is 114 g/mol. The van der Waals surface area contributed by atoms with E-state index in [0.717, 1.165) is 18.5 Å². The van der Waals surface area contributed by atoms with E-state index >= 15 is 0 Å². The van der Waals surface area contributed by atoms with Crippen molar-refractivity contribution < 1.29 is 0 Å². The van der Waals surface area contributed by atoms with E-state index in [1.807, 2.05) is 13.2 Å². The number of allylic oxidation sites excluding steroid dienone is 1. The fourth-order valence-electron chi connectivity index (χ4n) is 0.546. The van der Waals surface area contributed by atoms with Gasteiger partial charge in [-0.1, -0.05) is 13.3 Å². The lowest BCUT2D eigenvalue weighted by Gasteiger charge is -1.95. The van der Waals surface area contributed by atoms with E-state index in [4.69, 9.17) is 5.73 Å². The maximum atomic E-state index is 5.49. The number of hydrogen-bond donors (Lipinski definition) is 2.